The maximum absolute atomic E-state index is 13.9. The maximum Gasteiger partial charge on any atom is 0.253 e. The second-order valence-electron chi connectivity index (χ2n) is 15.9. The predicted octanol–water partition coefficient (Wildman–Crippen LogP) is 3.78. The first kappa shape index (κ1) is 54.3. The molecule has 16 heteroatoms. The summed E-state index contributed by atoms with van der Waals surface area (Å²) in [7, 11) is 6.66. The molecule has 2 aliphatic rings. The highest BCUT2D eigenvalue weighted by molar-refractivity contribution is 6.12. The summed E-state index contributed by atoms with van der Waals surface area (Å²) in [5.41, 5.74) is 11.5. The van der Waals surface area contributed by atoms with E-state index in [1.165, 1.54) is 23.5 Å². The van der Waals surface area contributed by atoms with Gasteiger partial charge in [0.25, 0.3) is 11.8 Å². The van der Waals surface area contributed by atoms with Crippen LogP contribution in [-0.2, 0) is 49.6 Å². The lowest BCUT2D eigenvalue weighted by Gasteiger charge is -2.40. The lowest BCUT2D eigenvalue weighted by atomic mass is 9.84. The summed E-state index contributed by atoms with van der Waals surface area (Å²) in [6, 6.07) is 6.95. The fourth-order valence-electron chi connectivity index (χ4n) is 7.80. The van der Waals surface area contributed by atoms with Gasteiger partial charge >= 0.3 is 0 Å². The van der Waals surface area contributed by atoms with Crippen LogP contribution in [0.1, 0.15) is 105 Å². The number of rotatable bonds is 22. The molecule has 344 valence electrons. The molecule has 1 fully saturated rings. The van der Waals surface area contributed by atoms with Crippen molar-refractivity contribution in [1.82, 2.24) is 20.0 Å². The molecule has 0 radical (unpaired) electrons. The zero-order valence-electron chi connectivity index (χ0n) is 38.4. The molecule has 0 aliphatic carbocycles. The highest BCUT2D eigenvalue weighted by Crippen LogP contribution is 2.32. The van der Waals surface area contributed by atoms with Crippen molar-refractivity contribution in [2.24, 2.45) is 29.2 Å². The molecule has 0 saturated carbocycles. The van der Waals surface area contributed by atoms with Gasteiger partial charge in [-0.3, -0.25) is 38.5 Å². The van der Waals surface area contributed by atoms with Gasteiger partial charge in [0.1, 0.15) is 0 Å². The molecule has 61 heavy (non-hydrogen) atoms. The van der Waals surface area contributed by atoms with Crippen LogP contribution in [0.15, 0.2) is 36.4 Å². The van der Waals surface area contributed by atoms with Crippen molar-refractivity contribution in [2.45, 2.75) is 130 Å². The van der Waals surface area contributed by atoms with Gasteiger partial charge in [0, 0.05) is 78.1 Å². The average molecular weight is 858 g/mol. The van der Waals surface area contributed by atoms with E-state index in [9.17, 15) is 28.8 Å². The maximum atomic E-state index is 13.9. The number of likely N-dealkylation sites (N-methyl/N-ethyl adjacent to an activating group) is 1. The Morgan fingerprint density at radius 1 is 0.951 bits per heavy atom. The van der Waals surface area contributed by atoms with Crippen LogP contribution in [0, 0.1) is 17.8 Å². The minimum absolute atomic E-state index is 0.0683. The Labute approximate surface area is 364 Å². The Morgan fingerprint density at radius 2 is 1.54 bits per heavy atom. The van der Waals surface area contributed by atoms with E-state index in [4.69, 9.17) is 20.0 Å². The number of carbonyl (C=O) groups excluding carboxylic acids is 7. The average Bonchev–Trinajstić information content (AvgIpc) is 3.87. The minimum atomic E-state index is -0.512. The third-order valence-electron chi connectivity index (χ3n) is 11.6. The minimum Gasteiger partial charge on any atom is -0.379 e. The third kappa shape index (κ3) is 16.6. The van der Waals surface area contributed by atoms with Crippen molar-refractivity contribution in [3.05, 3.63) is 42.0 Å². The second-order valence-corrected chi connectivity index (χ2v) is 15.9. The van der Waals surface area contributed by atoms with Crippen molar-refractivity contribution >= 4 is 47.5 Å². The SMILES string of the molecule is CCC.CCC(C)C(C(CC(=O)N1CCCC1C(OC)C(C)[C@@H](C)C(=O)N(C)c1ccc(CNC(=O)CCCCCN2C(=O)C=CC2=O)cc1)OC)N(C)C(=O)CN.NC=O. The Kier molecular flexibility index (Phi) is 25.6. The lowest BCUT2D eigenvalue weighted by Crippen LogP contribution is -2.53. The zero-order valence-corrected chi connectivity index (χ0v) is 38.4. The first-order valence-corrected chi connectivity index (χ1v) is 21.7. The van der Waals surface area contributed by atoms with Crippen molar-refractivity contribution < 1.29 is 43.0 Å². The molecule has 2 aliphatic heterocycles. The highest BCUT2D eigenvalue weighted by Gasteiger charge is 2.42. The summed E-state index contributed by atoms with van der Waals surface area (Å²) in [5, 5.41) is 2.93. The van der Waals surface area contributed by atoms with E-state index in [0.29, 0.717) is 38.9 Å². The number of imide groups is 1. The molecule has 16 nitrogen and oxygen atoms in total. The van der Waals surface area contributed by atoms with Gasteiger partial charge in [0.2, 0.25) is 30.0 Å². The second kappa shape index (κ2) is 28.8. The standard InChI is InChI=1S/C41H64N6O8.C3H8.CH3NO/c1-9-27(2)39(45(6)38(52)25-42)33(54-7)24-37(51)46-23-13-14-32(46)40(55-8)28(3)29(4)41(53)44(5)31-18-16-30(17-19-31)26-43-34(48)15-11-10-12-22-47-35(49)20-21-36(47)50;1-3-2;2-1-3/h16-21,27-29,32-33,39-40H,9-15,22-26,42H2,1-8H3,(H,43,48);3H2,1-2H3;1H,(H2,2,3)/t27?,28?,29-,32?,33?,39?,40?;;/m1../s1. The topological polar surface area (TPSA) is 215 Å². The van der Waals surface area contributed by atoms with Crippen LogP contribution in [0.25, 0.3) is 0 Å². The van der Waals surface area contributed by atoms with E-state index in [1.807, 2.05) is 56.9 Å². The van der Waals surface area contributed by atoms with Gasteiger partial charge in [-0.1, -0.05) is 72.9 Å². The fraction of sp³-hybridized carbons (Fsp3) is 0.667. The van der Waals surface area contributed by atoms with Crippen LogP contribution >= 0.6 is 0 Å². The highest BCUT2D eigenvalue weighted by atomic mass is 16.5. The smallest absolute Gasteiger partial charge is 0.253 e. The number of anilines is 1. The van der Waals surface area contributed by atoms with Crippen LogP contribution in [-0.4, -0.2) is 129 Å². The number of amides is 7. The number of nitrogens with one attached hydrogen (secondary N) is 1. The monoisotopic (exact) mass is 858 g/mol. The van der Waals surface area contributed by atoms with Crippen molar-refractivity contribution in [3.8, 4) is 0 Å². The zero-order chi connectivity index (χ0) is 46.2. The largest absolute Gasteiger partial charge is 0.379 e. The molecule has 3 rings (SSSR count). The Hall–Kier alpha value is -4.67. The van der Waals surface area contributed by atoms with Gasteiger partial charge in [-0.25, -0.2) is 0 Å². The summed E-state index contributed by atoms with van der Waals surface area (Å²) in [4.78, 5) is 90.9. The normalized spacial score (nSPS) is 17.5. The van der Waals surface area contributed by atoms with E-state index in [0.717, 1.165) is 36.9 Å². The number of nitrogens with zero attached hydrogens (tertiary/aromatic N) is 4. The van der Waals surface area contributed by atoms with Crippen molar-refractivity contribution in [3.63, 3.8) is 0 Å². The first-order chi connectivity index (χ1) is 29.0. The van der Waals surface area contributed by atoms with Gasteiger partial charge in [-0.15, -0.1) is 0 Å². The van der Waals surface area contributed by atoms with Gasteiger partial charge in [0.15, 0.2) is 0 Å². The first-order valence-electron chi connectivity index (χ1n) is 21.7. The number of primary amides is 1. The molecule has 1 aromatic rings. The van der Waals surface area contributed by atoms with E-state index in [-0.39, 0.29) is 84.8 Å². The van der Waals surface area contributed by atoms with Gasteiger partial charge in [-0.05, 0) is 55.2 Å². The molecule has 7 amide bonds. The van der Waals surface area contributed by atoms with E-state index < -0.39 is 12.0 Å². The Balaban J connectivity index is 0.00000292. The number of nitrogens with two attached hydrogens (primary N) is 2. The number of hydrogen-bond acceptors (Lipinski definition) is 10. The Bertz CT molecular complexity index is 1560. The summed E-state index contributed by atoms with van der Waals surface area (Å²) in [5.74, 6) is -1.56. The molecule has 0 spiro atoms. The third-order valence-corrected chi connectivity index (χ3v) is 11.6. The summed E-state index contributed by atoms with van der Waals surface area (Å²) in [6.45, 7) is 13.4. The molecular weight excluding hydrogens is 783 g/mol. The van der Waals surface area contributed by atoms with E-state index in [1.54, 1.807) is 38.1 Å². The van der Waals surface area contributed by atoms with Gasteiger partial charge < -0.3 is 41.0 Å². The number of hydrogen-bond donors (Lipinski definition) is 3. The molecular formula is C45H75N7O9. The van der Waals surface area contributed by atoms with Crippen molar-refractivity contribution in [2.75, 3.05) is 52.8 Å². The molecule has 0 bridgehead atoms. The van der Waals surface area contributed by atoms with Crippen LogP contribution in [0.4, 0.5) is 5.69 Å². The van der Waals surface area contributed by atoms with E-state index in [2.05, 4.69) is 24.9 Å². The lowest BCUT2D eigenvalue weighted by molar-refractivity contribution is -0.144. The molecule has 2 heterocycles. The van der Waals surface area contributed by atoms with Gasteiger partial charge in [-0.2, -0.15) is 0 Å². The molecule has 6 unspecified atom stereocenters. The molecule has 1 saturated heterocycles. The quantitative estimate of drug-likeness (QED) is 0.0872. The van der Waals surface area contributed by atoms with E-state index >= 15 is 0 Å². The van der Waals surface area contributed by atoms with Crippen LogP contribution in [0.3, 0.4) is 0 Å². The fourth-order valence-corrected chi connectivity index (χ4v) is 7.80. The molecule has 7 atom stereocenters. The van der Waals surface area contributed by atoms with Crippen LogP contribution in [0.2, 0.25) is 0 Å². The number of unbranched alkanes of at least 4 members (excludes halogenated alkanes) is 2. The number of carbonyl (C=O) groups is 7. The number of benzene rings is 1. The summed E-state index contributed by atoms with van der Waals surface area (Å²) < 4.78 is 11.9. The van der Waals surface area contributed by atoms with Crippen LogP contribution < -0.4 is 21.7 Å². The number of methoxy groups -OCH3 is 2. The van der Waals surface area contributed by atoms with Crippen molar-refractivity contribution in [1.29, 1.82) is 0 Å². The van der Waals surface area contributed by atoms with Gasteiger partial charge in [0.05, 0.1) is 37.3 Å². The molecule has 5 N–H and O–H groups in total. The predicted molar refractivity (Wildman–Crippen MR) is 237 cm³/mol. The number of ether oxygens (including phenoxy) is 2. The Morgan fingerprint density at radius 3 is 2.07 bits per heavy atom. The number of likely N-dealkylation sites (tertiary alicyclic amines) is 1. The van der Waals surface area contributed by atoms with Crippen LogP contribution in [0.5, 0.6) is 0 Å². The molecule has 0 aromatic heterocycles. The molecule has 1 aromatic carbocycles. The summed E-state index contributed by atoms with van der Waals surface area (Å²) >= 11 is 0. The summed E-state index contributed by atoms with van der Waals surface area (Å²) in [6.07, 6.45) is 8.01.